The Labute approximate surface area is 127 Å². The molecule has 7 heteroatoms. The van der Waals surface area contributed by atoms with Crippen LogP contribution in [0.2, 0.25) is 0 Å². The van der Waals surface area contributed by atoms with Gasteiger partial charge in [0.2, 0.25) is 0 Å². The smallest absolute Gasteiger partial charge is 0.317 e. The summed E-state index contributed by atoms with van der Waals surface area (Å²) < 4.78 is 42.7. The van der Waals surface area contributed by atoms with Crippen LogP contribution in [0.15, 0.2) is 24.3 Å². The van der Waals surface area contributed by atoms with Gasteiger partial charge in [0.15, 0.2) is 0 Å². The van der Waals surface area contributed by atoms with Crippen molar-refractivity contribution in [3.8, 4) is 0 Å². The Morgan fingerprint density at radius 1 is 1.41 bits per heavy atom. The molecule has 122 valence electrons. The fraction of sp³-hybridized carbons (Fsp3) is 0.533. The van der Waals surface area contributed by atoms with Crippen molar-refractivity contribution in [1.82, 2.24) is 10.2 Å². The number of urea groups is 1. The Balaban J connectivity index is 1.86. The number of rotatable bonds is 7. The molecule has 0 aromatic heterocycles. The van der Waals surface area contributed by atoms with Gasteiger partial charge in [0.1, 0.15) is 5.82 Å². The number of carbonyl (C=O) groups is 1. The number of halogens is 3. The third-order valence-electron chi connectivity index (χ3n) is 3.61. The molecule has 2 atom stereocenters. The lowest BCUT2D eigenvalue weighted by Gasteiger charge is -2.22. The van der Waals surface area contributed by atoms with Crippen molar-refractivity contribution < 1.29 is 22.7 Å². The van der Waals surface area contributed by atoms with Crippen molar-refractivity contribution in [1.29, 1.82) is 0 Å². The van der Waals surface area contributed by atoms with E-state index >= 15 is 0 Å². The van der Waals surface area contributed by atoms with Gasteiger partial charge in [-0.2, -0.15) is 0 Å². The third kappa shape index (κ3) is 4.62. The van der Waals surface area contributed by atoms with E-state index in [9.17, 15) is 18.0 Å². The summed E-state index contributed by atoms with van der Waals surface area (Å²) in [5.74, 6) is -0.201. The highest BCUT2D eigenvalue weighted by atomic mass is 19.3. The largest absolute Gasteiger partial charge is 0.383 e. The molecule has 0 heterocycles. The Bertz CT molecular complexity index is 496. The van der Waals surface area contributed by atoms with Gasteiger partial charge in [-0.15, -0.1) is 0 Å². The SMILES string of the molecule is COCCN(CC(F)F)C(=O)N[C@@H]1C[C@@H]1c1ccc(F)cc1. The number of hydrogen-bond donors (Lipinski definition) is 1. The third-order valence-corrected chi connectivity index (χ3v) is 3.61. The first kappa shape index (κ1) is 16.6. The van der Waals surface area contributed by atoms with E-state index in [0.29, 0.717) is 0 Å². The summed E-state index contributed by atoms with van der Waals surface area (Å²) in [4.78, 5) is 13.1. The van der Waals surface area contributed by atoms with E-state index in [1.54, 1.807) is 12.1 Å². The highest BCUT2D eigenvalue weighted by molar-refractivity contribution is 5.75. The average Bonchev–Trinajstić information content (AvgIpc) is 3.23. The van der Waals surface area contributed by atoms with E-state index in [4.69, 9.17) is 4.74 Å². The van der Waals surface area contributed by atoms with Gasteiger partial charge in [0, 0.05) is 25.6 Å². The molecule has 1 aromatic carbocycles. The van der Waals surface area contributed by atoms with Gasteiger partial charge in [0.05, 0.1) is 13.2 Å². The molecule has 4 nitrogen and oxygen atoms in total. The standard InChI is InChI=1S/C15H19F3N2O2/c1-22-7-6-20(9-14(17)18)15(21)19-13-8-12(13)10-2-4-11(16)5-3-10/h2-5,12-14H,6-9H2,1H3,(H,19,21)/t12-,13-/m1/s1. The van der Waals surface area contributed by atoms with Crippen molar-refractivity contribution in [2.75, 3.05) is 26.8 Å². The summed E-state index contributed by atoms with van der Waals surface area (Å²) in [7, 11) is 1.45. The zero-order chi connectivity index (χ0) is 16.1. The quantitative estimate of drug-likeness (QED) is 0.840. The minimum Gasteiger partial charge on any atom is -0.383 e. The van der Waals surface area contributed by atoms with E-state index in [2.05, 4.69) is 5.32 Å². The van der Waals surface area contributed by atoms with Crippen LogP contribution in [-0.4, -0.2) is 50.2 Å². The molecule has 22 heavy (non-hydrogen) atoms. The number of benzene rings is 1. The van der Waals surface area contributed by atoms with E-state index in [-0.39, 0.29) is 30.9 Å². The van der Waals surface area contributed by atoms with E-state index in [1.807, 2.05) is 0 Å². The van der Waals surface area contributed by atoms with Gasteiger partial charge < -0.3 is 15.0 Å². The Morgan fingerprint density at radius 2 is 2.09 bits per heavy atom. The number of nitrogens with one attached hydrogen (secondary N) is 1. The van der Waals surface area contributed by atoms with Gasteiger partial charge in [-0.1, -0.05) is 12.1 Å². The minimum atomic E-state index is -2.59. The van der Waals surface area contributed by atoms with Gasteiger partial charge in [-0.25, -0.2) is 18.0 Å². The summed E-state index contributed by atoms with van der Waals surface area (Å²) in [6, 6.07) is 5.47. The average molecular weight is 316 g/mol. The van der Waals surface area contributed by atoms with Crippen LogP contribution in [0.25, 0.3) is 0 Å². The molecular formula is C15H19F3N2O2. The molecule has 0 radical (unpaired) electrons. The topological polar surface area (TPSA) is 41.6 Å². The van der Waals surface area contributed by atoms with Crippen LogP contribution >= 0.6 is 0 Å². The van der Waals surface area contributed by atoms with Crippen LogP contribution < -0.4 is 5.32 Å². The maximum Gasteiger partial charge on any atom is 0.317 e. The van der Waals surface area contributed by atoms with Crippen LogP contribution in [-0.2, 0) is 4.74 Å². The fourth-order valence-electron chi connectivity index (χ4n) is 2.33. The lowest BCUT2D eigenvalue weighted by molar-refractivity contribution is 0.0833. The molecule has 1 saturated carbocycles. The monoisotopic (exact) mass is 316 g/mol. The zero-order valence-corrected chi connectivity index (χ0v) is 12.3. The van der Waals surface area contributed by atoms with Crippen molar-refractivity contribution in [2.24, 2.45) is 0 Å². The lowest BCUT2D eigenvalue weighted by atomic mass is 10.1. The number of amides is 2. The van der Waals surface area contributed by atoms with Crippen LogP contribution in [0.3, 0.4) is 0 Å². The predicted octanol–water partition coefficient (Wildman–Crippen LogP) is 2.60. The second-order valence-electron chi connectivity index (χ2n) is 5.28. The summed E-state index contributed by atoms with van der Waals surface area (Å²) in [5.41, 5.74) is 0.934. The maximum absolute atomic E-state index is 12.9. The van der Waals surface area contributed by atoms with Gasteiger partial charge in [0.25, 0.3) is 6.43 Å². The number of nitrogens with zero attached hydrogens (tertiary/aromatic N) is 1. The second-order valence-corrected chi connectivity index (χ2v) is 5.28. The highest BCUT2D eigenvalue weighted by Gasteiger charge is 2.40. The Hall–Kier alpha value is -1.76. The number of alkyl halides is 2. The first-order valence-corrected chi connectivity index (χ1v) is 7.09. The number of carbonyl (C=O) groups excluding carboxylic acids is 1. The lowest BCUT2D eigenvalue weighted by Crippen LogP contribution is -2.45. The minimum absolute atomic E-state index is 0.0966. The molecule has 2 amide bonds. The first-order valence-electron chi connectivity index (χ1n) is 7.09. The molecule has 1 aromatic rings. The summed E-state index contributed by atoms with van der Waals surface area (Å²) >= 11 is 0. The summed E-state index contributed by atoms with van der Waals surface area (Å²) in [5, 5.41) is 2.74. The van der Waals surface area contributed by atoms with Crippen LogP contribution in [0.4, 0.5) is 18.0 Å². The van der Waals surface area contributed by atoms with E-state index in [0.717, 1.165) is 16.9 Å². The highest BCUT2D eigenvalue weighted by Crippen LogP contribution is 2.40. The van der Waals surface area contributed by atoms with Crippen LogP contribution in [0.5, 0.6) is 0 Å². The molecule has 0 aliphatic heterocycles. The normalized spacial score (nSPS) is 20.0. The molecule has 0 spiro atoms. The molecule has 0 bridgehead atoms. The van der Waals surface area contributed by atoms with Crippen molar-refractivity contribution in [2.45, 2.75) is 24.8 Å². The van der Waals surface area contributed by atoms with Crippen molar-refractivity contribution in [3.05, 3.63) is 35.6 Å². The Morgan fingerprint density at radius 3 is 2.68 bits per heavy atom. The summed E-state index contributed by atoms with van der Waals surface area (Å²) in [6.07, 6.45) is -1.86. The molecule has 0 unspecified atom stereocenters. The fourth-order valence-corrected chi connectivity index (χ4v) is 2.33. The molecular weight excluding hydrogens is 297 g/mol. The molecule has 1 N–H and O–H groups in total. The van der Waals surface area contributed by atoms with Gasteiger partial charge >= 0.3 is 6.03 Å². The van der Waals surface area contributed by atoms with Crippen LogP contribution in [0.1, 0.15) is 17.9 Å². The van der Waals surface area contributed by atoms with Crippen LogP contribution in [0, 0.1) is 5.82 Å². The van der Waals surface area contributed by atoms with Crippen molar-refractivity contribution >= 4 is 6.03 Å². The number of ether oxygens (including phenoxy) is 1. The Kier molecular flexibility index (Phi) is 5.65. The van der Waals surface area contributed by atoms with Gasteiger partial charge in [-0.3, -0.25) is 0 Å². The molecule has 1 fully saturated rings. The van der Waals surface area contributed by atoms with Gasteiger partial charge in [-0.05, 0) is 24.1 Å². The van der Waals surface area contributed by atoms with E-state index < -0.39 is 19.0 Å². The number of methoxy groups -OCH3 is 1. The van der Waals surface area contributed by atoms with E-state index in [1.165, 1.54) is 19.2 Å². The molecule has 0 saturated heterocycles. The predicted molar refractivity (Wildman–Crippen MR) is 75.5 cm³/mol. The maximum atomic E-state index is 12.9. The molecule has 2 rings (SSSR count). The molecule has 1 aliphatic rings. The second kappa shape index (κ2) is 7.49. The number of hydrogen-bond acceptors (Lipinski definition) is 2. The molecule has 1 aliphatic carbocycles. The summed E-state index contributed by atoms with van der Waals surface area (Å²) in [6.45, 7) is -0.310. The zero-order valence-electron chi connectivity index (χ0n) is 12.3. The first-order chi connectivity index (χ1) is 10.5. The van der Waals surface area contributed by atoms with Crippen molar-refractivity contribution in [3.63, 3.8) is 0 Å².